The number of carbonyl (C=O) groups excluding carboxylic acids is 1. The second-order valence-corrected chi connectivity index (χ2v) is 8.58. The Morgan fingerprint density at radius 2 is 2.00 bits per heavy atom. The van der Waals surface area contributed by atoms with Gasteiger partial charge in [-0.15, -0.1) is 4.31 Å². The van der Waals surface area contributed by atoms with Crippen LogP contribution in [0.15, 0.2) is 24.3 Å². The van der Waals surface area contributed by atoms with Gasteiger partial charge in [0.15, 0.2) is 5.69 Å². The monoisotopic (exact) mass is 440 g/mol. The van der Waals surface area contributed by atoms with Gasteiger partial charge in [0.1, 0.15) is 0 Å². The van der Waals surface area contributed by atoms with Gasteiger partial charge in [-0.1, -0.05) is 37.1 Å². The third kappa shape index (κ3) is 4.63. The molecule has 1 aromatic carbocycles. The summed E-state index contributed by atoms with van der Waals surface area (Å²) in [5.41, 5.74) is 1.26. The zero-order valence-electron chi connectivity index (χ0n) is 16.5. The number of rotatable bonds is 9. The first-order chi connectivity index (χ1) is 14.0. The Hall–Kier alpha value is -1.94. The van der Waals surface area contributed by atoms with Crippen LogP contribution >= 0.6 is 11.6 Å². The van der Waals surface area contributed by atoms with E-state index in [-0.39, 0.29) is 13.2 Å². The molecule has 3 rings (SSSR count). The number of benzene rings is 1. The Bertz CT molecular complexity index is 845. The van der Waals surface area contributed by atoms with Gasteiger partial charge >= 0.3 is 5.91 Å². The molecule has 0 aliphatic carbocycles. The zero-order valence-corrected chi connectivity index (χ0v) is 18.1. The average Bonchev–Trinajstić information content (AvgIpc) is 3.07. The van der Waals surface area contributed by atoms with Crippen molar-refractivity contribution in [2.75, 3.05) is 31.1 Å². The van der Waals surface area contributed by atoms with E-state index in [0.717, 1.165) is 18.4 Å². The number of imidazole rings is 1. The number of unbranched alkanes of at least 4 members (excludes halogenated alkanes) is 1. The SMILES string of the molecule is CCCCOc1nc2c(n1Cc1ccc(Cl)cc1)C(=O)N(CCCO)[S+]([O-])N2C. The molecule has 1 amide bonds. The van der Waals surface area contributed by atoms with Crippen molar-refractivity contribution in [1.29, 1.82) is 0 Å². The highest BCUT2D eigenvalue weighted by Gasteiger charge is 2.44. The number of aromatic nitrogens is 2. The molecule has 0 saturated carbocycles. The van der Waals surface area contributed by atoms with Gasteiger partial charge in [-0.2, -0.15) is 9.29 Å². The van der Waals surface area contributed by atoms with E-state index in [1.165, 1.54) is 8.61 Å². The number of carbonyl (C=O) groups is 1. The molecule has 0 fully saturated rings. The topological polar surface area (TPSA) is 93.9 Å². The molecule has 158 valence electrons. The van der Waals surface area contributed by atoms with Crippen LogP contribution in [-0.4, -0.2) is 56.2 Å². The number of hydrogen-bond donors (Lipinski definition) is 1. The van der Waals surface area contributed by atoms with Crippen LogP contribution in [-0.2, 0) is 18.1 Å². The van der Waals surface area contributed by atoms with Crippen molar-refractivity contribution in [1.82, 2.24) is 13.9 Å². The maximum atomic E-state index is 13.2. The number of amides is 1. The predicted molar refractivity (Wildman–Crippen MR) is 112 cm³/mol. The highest BCUT2D eigenvalue weighted by Crippen LogP contribution is 2.34. The van der Waals surface area contributed by atoms with Crippen LogP contribution in [0.1, 0.15) is 42.2 Å². The van der Waals surface area contributed by atoms with Crippen LogP contribution in [0.4, 0.5) is 5.82 Å². The molecule has 0 saturated heterocycles. The minimum Gasteiger partial charge on any atom is -0.568 e. The Balaban J connectivity index is 2.01. The molecule has 1 unspecified atom stereocenters. The van der Waals surface area contributed by atoms with E-state index in [2.05, 4.69) is 11.9 Å². The first kappa shape index (κ1) is 21.8. The number of aliphatic hydroxyl groups is 1. The Kier molecular flexibility index (Phi) is 7.28. The molecule has 0 radical (unpaired) electrons. The Morgan fingerprint density at radius 1 is 1.28 bits per heavy atom. The van der Waals surface area contributed by atoms with Crippen LogP contribution < -0.4 is 9.04 Å². The Morgan fingerprint density at radius 3 is 2.66 bits per heavy atom. The molecule has 0 bridgehead atoms. The normalized spacial score (nSPS) is 16.3. The van der Waals surface area contributed by atoms with Gasteiger partial charge in [0.25, 0.3) is 6.01 Å². The van der Waals surface area contributed by atoms with Crippen molar-refractivity contribution in [2.24, 2.45) is 0 Å². The van der Waals surface area contributed by atoms with Gasteiger partial charge < -0.3 is 14.4 Å². The average molecular weight is 441 g/mol. The van der Waals surface area contributed by atoms with E-state index in [9.17, 15) is 9.35 Å². The number of hydrogen-bond acceptors (Lipinski definition) is 6. The maximum Gasteiger partial charge on any atom is 0.317 e. The number of aliphatic hydroxyl groups excluding tert-OH is 1. The summed E-state index contributed by atoms with van der Waals surface area (Å²) < 4.78 is 23.0. The molecule has 10 heteroatoms. The van der Waals surface area contributed by atoms with E-state index >= 15 is 0 Å². The van der Waals surface area contributed by atoms with E-state index < -0.39 is 17.5 Å². The zero-order chi connectivity index (χ0) is 21.0. The lowest BCUT2D eigenvalue weighted by Gasteiger charge is -2.32. The van der Waals surface area contributed by atoms with Gasteiger partial charge in [0, 0.05) is 11.6 Å². The second-order valence-electron chi connectivity index (χ2n) is 6.69. The standard InChI is InChI=1S/C19H25ClN4O4S/c1-3-4-12-28-19-21-17-16(23(19)13-14-6-8-15(20)9-7-14)18(26)24(10-5-11-25)29(27)22(17)2/h6-9,25H,3-5,10-13H2,1-2H3. The largest absolute Gasteiger partial charge is 0.568 e. The second kappa shape index (κ2) is 9.71. The smallest absolute Gasteiger partial charge is 0.317 e. The number of halogens is 1. The highest BCUT2D eigenvalue weighted by molar-refractivity contribution is 7.91. The quantitative estimate of drug-likeness (QED) is 0.476. The summed E-state index contributed by atoms with van der Waals surface area (Å²) in [6.45, 7) is 2.99. The lowest BCUT2D eigenvalue weighted by atomic mass is 10.2. The van der Waals surface area contributed by atoms with Gasteiger partial charge in [-0.3, -0.25) is 9.36 Å². The van der Waals surface area contributed by atoms with E-state index in [1.807, 2.05) is 12.1 Å². The van der Waals surface area contributed by atoms with Crippen molar-refractivity contribution < 1.29 is 19.2 Å². The van der Waals surface area contributed by atoms with Crippen LogP contribution in [0.25, 0.3) is 0 Å². The van der Waals surface area contributed by atoms with Crippen LogP contribution in [0.5, 0.6) is 6.01 Å². The first-order valence-corrected chi connectivity index (χ1v) is 11.0. The van der Waals surface area contributed by atoms with Crippen molar-refractivity contribution in [3.8, 4) is 6.01 Å². The van der Waals surface area contributed by atoms with Crippen LogP contribution in [0.3, 0.4) is 0 Å². The third-order valence-electron chi connectivity index (χ3n) is 4.57. The van der Waals surface area contributed by atoms with E-state index in [1.54, 1.807) is 23.7 Å². The number of fused-ring (bicyclic) bond motifs is 1. The summed E-state index contributed by atoms with van der Waals surface area (Å²) in [5.74, 6) is -0.0641. The number of nitrogens with zero attached hydrogens (tertiary/aromatic N) is 4. The van der Waals surface area contributed by atoms with Crippen molar-refractivity contribution in [2.45, 2.75) is 32.7 Å². The number of anilines is 1. The molecule has 2 heterocycles. The lowest BCUT2D eigenvalue weighted by Crippen LogP contribution is -2.50. The predicted octanol–water partition coefficient (Wildman–Crippen LogP) is 2.62. The molecule has 1 N–H and O–H groups in total. The van der Waals surface area contributed by atoms with Crippen molar-refractivity contribution in [3.63, 3.8) is 0 Å². The molecular weight excluding hydrogens is 416 g/mol. The fourth-order valence-electron chi connectivity index (χ4n) is 2.99. The first-order valence-electron chi connectivity index (χ1n) is 9.54. The molecule has 1 aromatic heterocycles. The molecule has 2 aromatic rings. The van der Waals surface area contributed by atoms with Gasteiger partial charge in [-0.25, -0.2) is 0 Å². The summed E-state index contributed by atoms with van der Waals surface area (Å²) in [5, 5.41) is 9.76. The molecule has 1 aliphatic rings. The van der Waals surface area contributed by atoms with Crippen molar-refractivity contribution >= 4 is 34.9 Å². The fourth-order valence-corrected chi connectivity index (χ4v) is 4.20. The Labute approximate surface area is 178 Å². The van der Waals surface area contributed by atoms with Crippen LogP contribution in [0, 0.1) is 0 Å². The third-order valence-corrected chi connectivity index (χ3v) is 6.19. The molecule has 1 aliphatic heterocycles. The summed E-state index contributed by atoms with van der Waals surface area (Å²) in [7, 11) is 1.63. The maximum absolute atomic E-state index is 13.2. The molecule has 8 nitrogen and oxygen atoms in total. The summed E-state index contributed by atoms with van der Waals surface area (Å²) in [4.78, 5) is 17.7. The lowest BCUT2D eigenvalue weighted by molar-refractivity contribution is 0.0840. The fraction of sp³-hybridized carbons (Fsp3) is 0.474. The summed E-state index contributed by atoms with van der Waals surface area (Å²) >= 11 is 4.27. The number of ether oxygens (including phenoxy) is 1. The van der Waals surface area contributed by atoms with Crippen LogP contribution in [0.2, 0.25) is 5.02 Å². The summed E-state index contributed by atoms with van der Waals surface area (Å²) in [6.07, 6.45) is 2.16. The summed E-state index contributed by atoms with van der Waals surface area (Å²) in [6, 6.07) is 7.65. The molecular formula is C19H25ClN4O4S. The highest BCUT2D eigenvalue weighted by atomic mass is 35.5. The van der Waals surface area contributed by atoms with E-state index in [4.69, 9.17) is 21.4 Å². The van der Waals surface area contributed by atoms with Gasteiger partial charge in [-0.05, 0) is 30.5 Å². The minimum atomic E-state index is -1.71. The van der Waals surface area contributed by atoms with E-state index in [0.29, 0.717) is 42.1 Å². The molecule has 29 heavy (non-hydrogen) atoms. The minimum absolute atomic E-state index is 0.0903. The van der Waals surface area contributed by atoms with Gasteiger partial charge in [0.05, 0.1) is 26.7 Å². The molecule has 0 spiro atoms. The molecule has 1 atom stereocenters. The van der Waals surface area contributed by atoms with Gasteiger partial charge in [0.2, 0.25) is 17.4 Å². The van der Waals surface area contributed by atoms with Crippen molar-refractivity contribution in [3.05, 3.63) is 40.5 Å².